The molecule has 1 fully saturated rings. The monoisotopic (exact) mass is 519 g/mol. The average Bonchev–Trinajstić information content (AvgIpc) is 3.13. The molecular weight excluding hydrogens is 497 g/mol. The fraction of sp³-hybridized carbons (Fsp3) is 0.444. The summed E-state index contributed by atoms with van der Waals surface area (Å²) in [5.74, 6) is -1.26. The number of rotatable bonds is 8. The van der Waals surface area contributed by atoms with Crippen LogP contribution in [0.4, 0.5) is 5.69 Å². The van der Waals surface area contributed by atoms with Crippen molar-refractivity contribution >= 4 is 29.2 Å². The summed E-state index contributed by atoms with van der Waals surface area (Å²) in [6, 6.07) is 6.88. The Hall–Kier alpha value is -1.79. The number of hydrogen-bond donors (Lipinski definition) is 4. The maximum Gasteiger partial charge on any atom is 0.356 e. The molecule has 1 saturated heterocycles. The molecular formula is C18H23BrN3O8P. The second kappa shape index (κ2) is 9.78. The first-order valence-corrected chi connectivity index (χ1v) is 11.7. The van der Waals surface area contributed by atoms with Gasteiger partial charge in [0.2, 0.25) is 0 Å². The first-order valence-electron chi connectivity index (χ1n) is 9.25. The van der Waals surface area contributed by atoms with Gasteiger partial charge < -0.3 is 29.3 Å². The van der Waals surface area contributed by atoms with E-state index in [2.05, 4.69) is 26.2 Å². The lowest BCUT2D eigenvalue weighted by atomic mass is 10.2. The van der Waals surface area contributed by atoms with Gasteiger partial charge in [-0.1, -0.05) is 15.9 Å². The van der Waals surface area contributed by atoms with Crippen LogP contribution in [0.2, 0.25) is 0 Å². The Balaban J connectivity index is 2.08. The molecule has 13 heteroatoms. The van der Waals surface area contributed by atoms with E-state index in [0.29, 0.717) is 5.69 Å². The van der Waals surface area contributed by atoms with E-state index in [1.807, 2.05) is 0 Å². The lowest BCUT2D eigenvalue weighted by molar-refractivity contribution is -0.0460. The van der Waals surface area contributed by atoms with E-state index in [-0.39, 0.29) is 12.0 Å². The zero-order valence-corrected chi connectivity index (χ0v) is 19.2. The van der Waals surface area contributed by atoms with Gasteiger partial charge >= 0.3 is 13.3 Å². The molecule has 1 unspecified atom stereocenters. The SMILES string of the molecule is COP(=O)(OC)C(Nc1ccc(Br)cc1)c1cn([C@H]2C[C@H](O)[C@@H](CO)O2)c(=O)[nH]c1=O. The predicted octanol–water partition coefficient (Wildman–Crippen LogP) is 1.54. The summed E-state index contributed by atoms with van der Waals surface area (Å²) in [7, 11) is -1.53. The number of H-pyrrole nitrogens is 1. The predicted molar refractivity (Wildman–Crippen MR) is 115 cm³/mol. The van der Waals surface area contributed by atoms with Gasteiger partial charge in [0.25, 0.3) is 5.56 Å². The lowest BCUT2D eigenvalue weighted by Crippen LogP contribution is -2.36. The van der Waals surface area contributed by atoms with Crippen molar-refractivity contribution in [1.29, 1.82) is 0 Å². The van der Waals surface area contributed by atoms with Crippen molar-refractivity contribution < 1.29 is 28.6 Å². The molecule has 1 aliphatic heterocycles. The Morgan fingerprint density at radius 2 is 1.97 bits per heavy atom. The highest BCUT2D eigenvalue weighted by Crippen LogP contribution is 2.59. The summed E-state index contributed by atoms with van der Waals surface area (Å²) >= 11 is 3.33. The van der Waals surface area contributed by atoms with Crippen molar-refractivity contribution in [3.05, 3.63) is 61.3 Å². The normalized spacial score (nSPS) is 22.4. The molecule has 0 saturated carbocycles. The van der Waals surface area contributed by atoms with Gasteiger partial charge in [0.1, 0.15) is 12.3 Å². The van der Waals surface area contributed by atoms with E-state index in [4.69, 9.17) is 13.8 Å². The summed E-state index contributed by atoms with van der Waals surface area (Å²) in [6.45, 7) is -0.432. The summed E-state index contributed by atoms with van der Waals surface area (Å²) in [5.41, 5.74) is -1.15. The molecule has 0 bridgehead atoms. The third-order valence-corrected chi connectivity index (χ3v) is 7.54. The van der Waals surface area contributed by atoms with Crippen molar-refractivity contribution in [2.24, 2.45) is 0 Å². The molecule has 3 rings (SSSR count). The summed E-state index contributed by atoms with van der Waals surface area (Å²) in [6.07, 6.45) is -1.58. The van der Waals surface area contributed by atoms with Crippen LogP contribution in [-0.4, -0.2) is 52.8 Å². The van der Waals surface area contributed by atoms with Crippen LogP contribution in [0.25, 0.3) is 0 Å². The first-order chi connectivity index (χ1) is 14.7. The zero-order valence-electron chi connectivity index (χ0n) is 16.7. The smallest absolute Gasteiger partial charge is 0.356 e. The van der Waals surface area contributed by atoms with Crippen molar-refractivity contribution in [3.8, 4) is 0 Å². The van der Waals surface area contributed by atoms with Gasteiger partial charge in [-0.3, -0.25) is 18.9 Å². The van der Waals surface area contributed by atoms with Crippen molar-refractivity contribution in [3.63, 3.8) is 0 Å². The highest BCUT2D eigenvalue weighted by Gasteiger charge is 2.40. The molecule has 1 aliphatic rings. The number of aromatic amines is 1. The second-order valence-corrected chi connectivity index (χ2v) is 10.1. The third-order valence-electron chi connectivity index (χ3n) is 4.96. The molecule has 1 aromatic heterocycles. The van der Waals surface area contributed by atoms with E-state index >= 15 is 0 Å². The Morgan fingerprint density at radius 1 is 1.32 bits per heavy atom. The summed E-state index contributed by atoms with van der Waals surface area (Å²) in [5, 5.41) is 22.3. The van der Waals surface area contributed by atoms with E-state index in [9.17, 15) is 24.4 Å². The number of aliphatic hydroxyl groups excluding tert-OH is 2. The molecule has 2 aromatic rings. The molecule has 0 radical (unpaired) electrons. The molecule has 4 atom stereocenters. The summed E-state index contributed by atoms with van der Waals surface area (Å²) in [4.78, 5) is 27.3. The molecule has 0 spiro atoms. The number of nitrogens with one attached hydrogen (secondary N) is 2. The van der Waals surface area contributed by atoms with Crippen LogP contribution in [0.5, 0.6) is 0 Å². The van der Waals surface area contributed by atoms with Crippen LogP contribution in [0.1, 0.15) is 24.0 Å². The van der Waals surface area contributed by atoms with E-state index in [1.165, 1.54) is 20.4 Å². The standard InChI is InChI=1S/C18H23BrN3O8P/c1-28-31(27,29-2)17(20-11-5-3-10(19)4-6-11)12-8-22(18(26)21-16(12)25)15-7-13(24)14(9-23)30-15/h3-6,8,13-15,17,20,23-24H,7,9H2,1-2H3,(H,21,25,26)/t13-,14+,15+,17?/m0/s1. The summed E-state index contributed by atoms with van der Waals surface area (Å²) < 4.78 is 30.9. The fourth-order valence-corrected chi connectivity index (χ4v) is 4.94. The minimum Gasteiger partial charge on any atom is -0.394 e. The number of anilines is 1. The zero-order chi connectivity index (χ0) is 22.8. The number of benzene rings is 1. The number of aromatic nitrogens is 2. The maximum atomic E-state index is 13.3. The molecule has 31 heavy (non-hydrogen) atoms. The largest absolute Gasteiger partial charge is 0.394 e. The third kappa shape index (κ3) is 5.01. The number of ether oxygens (including phenoxy) is 1. The molecule has 11 nitrogen and oxygen atoms in total. The highest BCUT2D eigenvalue weighted by atomic mass is 79.9. The van der Waals surface area contributed by atoms with Crippen molar-refractivity contribution in [1.82, 2.24) is 9.55 Å². The second-order valence-electron chi connectivity index (χ2n) is 6.82. The fourth-order valence-electron chi connectivity index (χ4n) is 3.28. The van der Waals surface area contributed by atoms with Crippen LogP contribution >= 0.6 is 23.5 Å². The van der Waals surface area contributed by atoms with E-state index in [0.717, 1.165) is 9.04 Å². The maximum absolute atomic E-state index is 13.3. The highest BCUT2D eigenvalue weighted by molar-refractivity contribution is 9.10. The van der Waals surface area contributed by atoms with Gasteiger partial charge in [-0.05, 0) is 24.3 Å². The van der Waals surface area contributed by atoms with Gasteiger partial charge in [0, 0.05) is 37.0 Å². The quantitative estimate of drug-likeness (QED) is 0.380. The van der Waals surface area contributed by atoms with Gasteiger partial charge in [-0.2, -0.15) is 0 Å². The van der Waals surface area contributed by atoms with E-state index < -0.39 is 49.7 Å². The number of aliphatic hydroxyl groups is 2. The molecule has 4 N–H and O–H groups in total. The molecule has 1 aromatic carbocycles. The van der Waals surface area contributed by atoms with Crippen molar-refractivity contribution in [2.75, 3.05) is 26.1 Å². The topological polar surface area (TPSA) is 152 Å². The minimum absolute atomic E-state index is 0.0215. The van der Waals surface area contributed by atoms with Gasteiger partial charge in [-0.15, -0.1) is 0 Å². The van der Waals surface area contributed by atoms with Crippen LogP contribution in [0, 0.1) is 0 Å². The molecule has 170 valence electrons. The number of halogens is 1. The Bertz CT molecular complexity index is 1060. The van der Waals surface area contributed by atoms with E-state index in [1.54, 1.807) is 24.3 Å². The molecule has 0 amide bonds. The number of hydrogen-bond acceptors (Lipinski definition) is 9. The van der Waals surface area contributed by atoms with Crippen LogP contribution < -0.4 is 16.6 Å². The van der Waals surface area contributed by atoms with Gasteiger partial charge in [-0.25, -0.2) is 4.79 Å². The van der Waals surface area contributed by atoms with Gasteiger partial charge in [0.15, 0.2) is 5.78 Å². The van der Waals surface area contributed by atoms with Crippen LogP contribution in [-0.2, 0) is 18.3 Å². The minimum atomic E-state index is -3.90. The Labute approximate surface area is 185 Å². The molecule has 0 aliphatic carbocycles. The number of nitrogens with zero attached hydrogens (tertiary/aromatic N) is 1. The van der Waals surface area contributed by atoms with Crippen molar-refractivity contribution in [2.45, 2.75) is 30.6 Å². The van der Waals surface area contributed by atoms with Crippen LogP contribution in [0.3, 0.4) is 0 Å². The lowest BCUT2D eigenvalue weighted by Gasteiger charge is -2.26. The van der Waals surface area contributed by atoms with Gasteiger partial charge in [0.05, 0.1) is 18.3 Å². The van der Waals surface area contributed by atoms with Crippen LogP contribution in [0.15, 0.2) is 44.5 Å². The Kier molecular flexibility index (Phi) is 7.53. The average molecular weight is 520 g/mol. The molecule has 2 heterocycles. The Morgan fingerprint density at radius 3 is 2.52 bits per heavy atom. The first kappa shape index (κ1) is 23.9.